The number of imidazole rings is 1. The molecule has 4 rings (SSSR count). The van der Waals surface area contributed by atoms with Crippen molar-refractivity contribution in [3.63, 3.8) is 0 Å². The molecule has 2 aromatic carbocycles. The van der Waals surface area contributed by atoms with Crippen molar-refractivity contribution < 1.29 is 0 Å². The Hall–Kier alpha value is -3.21. The zero-order valence-corrected chi connectivity index (χ0v) is 13.1. The first-order valence-electron chi connectivity index (χ1n) is 7.84. The van der Waals surface area contributed by atoms with Crippen LogP contribution in [-0.4, -0.2) is 19.1 Å². The fraction of sp³-hybridized carbons (Fsp3) is 0.105. The molecule has 0 unspecified atom stereocenters. The van der Waals surface area contributed by atoms with Gasteiger partial charge in [0.1, 0.15) is 5.52 Å². The Labute approximate surface area is 139 Å². The summed E-state index contributed by atoms with van der Waals surface area (Å²) in [6, 6.07) is 20.3. The highest BCUT2D eigenvalue weighted by Gasteiger charge is 2.09. The summed E-state index contributed by atoms with van der Waals surface area (Å²) in [7, 11) is 0. The largest absolute Gasteiger partial charge is 0.322 e. The highest BCUT2D eigenvalue weighted by atomic mass is 15.1. The molecule has 24 heavy (non-hydrogen) atoms. The molecule has 4 aromatic rings. The SMILES string of the molecule is N=c1c2c(ncn1Cc1ccccc1)ncn2Cc1ccccc1. The Morgan fingerprint density at radius 1 is 0.708 bits per heavy atom. The summed E-state index contributed by atoms with van der Waals surface area (Å²) >= 11 is 0. The molecule has 0 saturated heterocycles. The van der Waals surface area contributed by atoms with Crippen LogP contribution in [0.15, 0.2) is 73.3 Å². The van der Waals surface area contributed by atoms with Crippen molar-refractivity contribution in [2.75, 3.05) is 0 Å². The average molecular weight is 315 g/mol. The summed E-state index contributed by atoms with van der Waals surface area (Å²) in [6.45, 7) is 1.30. The van der Waals surface area contributed by atoms with E-state index in [9.17, 15) is 0 Å². The lowest BCUT2D eigenvalue weighted by atomic mass is 10.2. The number of hydrogen-bond donors (Lipinski definition) is 1. The lowest BCUT2D eigenvalue weighted by molar-refractivity contribution is 0.710. The number of aromatic nitrogens is 4. The van der Waals surface area contributed by atoms with Gasteiger partial charge in [0, 0.05) is 6.54 Å². The van der Waals surface area contributed by atoms with Gasteiger partial charge in [-0.2, -0.15) is 0 Å². The molecule has 5 nitrogen and oxygen atoms in total. The zero-order chi connectivity index (χ0) is 16.4. The molecule has 0 saturated carbocycles. The standard InChI is InChI=1S/C19H17N5/c20-18-17-19(21-13-23(17)11-15-7-3-1-4-8-15)22-14-24(18)12-16-9-5-2-6-10-16/h1-10,13-14,20H,11-12H2. The highest BCUT2D eigenvalue weighted by molar-refractivity contribution is 5.68. The lowest BCUT2D eigenvalue weighted by Crippen LogP contribution is -2.23. The first kappa shape index (κ1) is 14.4. The van der Waals surface area contributed by atoms with Gasteiger partial charge in [-0.25, -0.2) is 9.97 Å². The van der Waals surface area contributed by atoms with Gasteiger partial charge in [-0.1, -0.05) is 60.7 Å². The van der Waals surface area contributed by atoms with Crippen molar-refractivity contribution in [3.05, 3.63) is 89.9 Å². The van der Waals surface area contributed by atoms with Crippen LogP contribution in [0.4, 0.5) is 0 Å². The number of nitrogens with zero attached hydrogens (tertiary/aromatic N) is 4. The quantitative estimate of drug-likeness (QED) is 0.629. The summed E-state index contributed by atoms with van der Waals surface area (Å²) in [4.78, 5) is 8.75. The van der Waals surface area contributed by atoms with Crippen LogP contribution in [0.25, 0.3) is 11.2 Å². The van der Waals surface area contributed by atoms with Crippen LogP contribution in [0.1, 0.15) is 11.1 Å². The van der Waals surface area contributed by atoms with Crippen LogP contribution in [0.2, 0.25) is 0 Å². The van der Waals surface area contributed by atoms with E-state index in [2.05, 4.69) is 34.2 Å². The number of hydrogen-bond acceptors (Lipinski definition) is 3. The topological polar surface area (TPSA) is 59.5 Å². The molecule has 1 N–H and O–H groups in total. The Kier molecular flexibility index (Phi) is 3.67. The molecular formula is C19H17N5. The van der Waals surface area contributed by atoms with Gasteiger partial charge in [0.25, 0.3) is 0 Å². The van der Waals surface area contributed by atoms with Gasteiger partial charge in [0.2, 0.25) is 0 Å². The summed E-state index contributed by atoms with van der Waals surface area (Å²) in [6.07, 6.45) is 3.45. The minimum atomic E-state index is 0.428. The van der Waals surface area contributed by atoms with Gasteiger partial charge in [-0.15, -0.1) is 0 Å². The molecule has 0 radical (unpaired) electrons. The van der Waals surface area contributed by atoms with Crippen molar-refractivity contribution in [2.24, 2.45) is 0 Å². The third-order valence-electron chi connectivity index (χ3n) is 4.04. The summed E-state index contributed by atoms with van der Waals surface area (Å²) in [5.74, 6) is 0. The fourth-order valence-corrected chi connectivity index (χ4v) is 2.83. The molecule has 118 valence electrons. The predicted molar refractivity (Wildman–Crippen MR) is 92.5 cm³/mol. The summed E-state index contributed by atoms with van der Waals surface area (Å²) < 4.78 is 3.84. The van der Waals surface area contributed by atoms with Gasteiger partial charge in [-0.05, 0) is 11.1 Å². The molecule has 2 heterocycles. The second-order valence-corrected chi connectivity index (χ2v) is 5.74. The van der Waals surface area contributed by atoms with E-state index in [0.717, 1.165) is 11.1 Å². The minimum Gasteiger partial charge on any atom is -0.322 e. The van der Waals surface area contributed by atoms with Crippen molar-refractivity contribution in [3.8, 4) is 0 Å². The van der Waals surface area contributed by atoms with E-state index >= 15 is 0 Å². The Morgan fingerprint density at radius 3 is 1.79 bits per heavy atom. The third kappa shape index (κ3) is 2.72. The van der Waals surface area contributed by atoms with Crippen LogP contribution in [0, 0.1) is 5.41 Å². The van der Waals surface area contributed by atoms with Gasteiger partial charge in [0.05, 0.1) is 19.2 Å². The van der Waals surface area contributed by atoms with Crippen molar-refractivity contribution in [1.82, 2.24) is 19.1 Å². The molecule has 0 aliphatic carbocycles. The van der Waals surface area contributed by atoms with E-state index in [-0.39, 0.29) is 0 Å². The van der Waals surface area contributed by atoms with E-state index in [1.807, 2.05) is 45.5 Å². The first-order chi connectivity index (χ1) is 11.8. The zero-order valence-electron chi connectivity index (χ0n) is 13.1. The maximum Gasteiger partial charge on any atom is 0.182 e. The van der Waals surface area contributed by atoms with Gasteiger partial charge in [0.15, 0.2) is 11.1 Å². The fourth-order valence-electron chi connectivity index (χ4n) is 2.83. The first-order valence-corrected chi connectivity index (χ1v) is 7.84. The van der Waals surface area contributed by atoms with Crippen molar-refractivity contribution in [2.45, 2.75) is 13.1 Å². The molecular weight excluding hydrogens is 298 g/mol. The average Bonchev–Trinajstić information content (AvgIpc) is 3.03. The summed E-state index contributed by atoms with van der Waals surface area (Å²) in [5.41, 5.74) is 4.12. The maximum atomic E-state index is 8.57. The van der Waals surface area contributed by atoms with Crippen LogP contribution in [0.3, 0.4) is 0 Å². The van der Waals surface area contributed by atoms with Crippen molar-refractivity contribution in [1.29, 1.82) is 5.41 Å². The second kappa shape index (κ2) is 6.12. The van der Waals surface area contributed by atoms with Crippen LogP contribution >= 0.6 is 0 Å². The van der Waals surface area contributed by atoms with Crippen molar-refractivity contribution >= 4 is 11.2 Å². The van der Waals surface area contributed by atoms with Gasteiger partial charge in [-0.3, -0.25) is 5.41 Å². The smallest absolute Gasteiger partial charge is 0.182 e. The molecule has 0 bridgehead atoms. The highest BCUT2D eigenvalue weighted by Crippen LogP contribution is 2.09. The van der Waals surface area contributed by atoms with Gasteiger partial charge >= 0.3 is 0 Å². The van der Waals surface area contributed by atoms with E-state index in [1.165, 1.54) is 5.56 Å². The van der Waals surface area contributed by atoms with Gasteiger partial charge < -0.3 is 9.13 Å². The van der Waals surface area contributed by atoms with E-state index in [4.69, 9.17) is 5.41 Å². The van der Waals surface area contributed by atoms with Crippen LogP contribution in [-0.2, 0) is 13.1 Å². The molecule has 5 heteroatoms. The lowest BCUT2D eigenvalue weighted by Gasteiger charge is -2.09. The number of fused-ring (bicyclic) bond motifs is 1. The Balaban J connectivity index is 1.75. The maximum absolute atomic E-state index is 8.57. The van der Waals surface area contributed by atoms with E-state index < -0.39 is 0 Å². The van der Waals surface area contributed by atoms with Crippen LogP contribution in [0.5, 0.6) is 0 Å². The molecule has 2 aromatic heterocycles. The molecule has 0 aliphatic heterocycles. The summed E-state index contributed by atoms with van der Waals surface area (Å²) in [5, 5.41) is 8.57. The van der Waals surface area contributed by atoms with E-state index in [1.54, 1.807) is 12.7 Å². The minimum absolute atomic E-state index is 0.428. The molecule has 0 atom stereocenters. The Bertz CT molecular complexity index is 1020. The number of rotatable bonds is 4. The number of benzene rings is 2. The predicted octanol–water partition coefficient (Wildman–Crippen LogP) is 2.81. The second-order valence-electron chi connectivity index (χ2n) is 5.74. The molecule has 0 fully saturated rings. The van der Waals surface area contributed by atoms with Crippen LogP contribution < -0.4 is 5.49 Å². The Morgan fingerprint density at radius 2 is 1.21 bits per heavy atom. The molecule has 0 spiro atoms. The normalized spacial score (nSPS) is 11.0. The molecule has 0 amide bonds. The number of nitrogens with one attached hydrogen (secondary N) is 1. The van der Waals surface area contributed by atoms with E-state index in [0.29, 0.717) is 24.2 Å². The molecule has 0 aliphatic rings. The third-order valence-corrected chi connectivity index (χ3v) is 4.04. The monoisotopic (exact) mass is 315 g/mol.